The molecular weight excluding hydrogens is 431 g/mol. The predicted molar refractivity (Wildman–Crippen MR) is 90.5 cm³/mol. The van der Waals surface area contributed by atoms with Crippen molar-refractivity contribution in [1.29, 1.82) is 0 Å². The molecule has 6 nitrogen and oxygen atoms in total. The predicted octanol–water partition coefficient (Wildman–Crippen LogP) is 2.98. The summed E-state index contributed by atoms with van der Waals surface area (Å²) in [5, 5.41) is 0. The molecule has 1 rings (SSSR count). The van der Waals surface area contributed by atoms with E-state index in [1.807, 2.05) is 0 Å². The summed E-state index contributed by atoms with van der Waals surface area (Å²) >= 11 is 5.42. The molecule has 0 saturated heterocycles. The lowest BCUT2D eigenvalue weighted by molar-refractivity contribution is -0.136. The third-order valence-electron chi connectivity index (χ3n) is 3.17. The zero-order chi connectivity index (χ0) is 21.6. The van der Waals surface area contributed by atoms with E-state index in [1.54, 1.807) is 0 Å². The first kappa shape index (κ1) is 25.5. The highest BCUT2D eigenvalue weighted by molar-refractivity contribution is 6.17. The Hall–Kier alpha value is -1.53. The number of halogens is 6. The molecule has 29 heavy (non-hydrogen) atoms. The van der Waals surface area contributed by atoms with Crippen LogP contribution in [0.2, 0.25) is 0 Å². The van der Waals surface area contributed by atoms with Crippen molar-refractivity contribution >= 4 is 17.6 Å². The molecule has 0 N–H and O–H groups in total. The van der Waals surface area contributed by atoms with E-state index in [-0.39, 0.29) is 19.8 Å². The molecule has 0 saturated carbocycles. The molecule has 0 aliphatic carbocycles. The number of carbonyl (C=O) groups excluding carboxylic acids is 1. The maximum atomic E-state index is 13.4. The highest BCUT2D eigenvalue weighted by Crippen LogP contribution is 2.29. The lowest BCUT2D eigenvalue weighted by Gasteiger charge is -2.09. The average Bonchev–Trinajstić information content (AvgIpc) is 2.71. The van der Waals surface area contributed by atoms with E-state index in [1.165, 1.54) is 0 Å². The molecule has 0 fully saturated rings. The van der Waals surface area contributed by atoms with Crippen LogP contribution in [0.25, 0.3) is 0 Å². The van der Waals surface area contributed by atoms with Crippen LogP contribution in [0.15, 0.2) is 0 Å². The van der Waals surface area contributed by atoms with Crippen LogP contribution in [0.1, 0.15) is 6.42 Å². The van der Waals surface area contributed by atoms with Gasteiger partial charge in [0.15, 0.2) is 0 Å². The average molecular weight is 451 g/mol. The zero-order valence-electron chi connectivity index (χ0n) is 15.3. The fourth-order valence-corrected chi connectivity index (χ4v) is 1.92. The topological polar surface area (TPSA) is 63.2 Å². The lowest BCUT2D eigenvalue weighted by atomic mass is 10.2. The molecule has 0 spiro atoms. The van der Waals surface area contributed by atoms with Gasteiger partial charge in [0.1, 0.15) is 0 Å². The van der Waals surface area contributed by atoms with Gasteiger partial charge in [-0.05, 0) is 0 Å². The molecule has 0 aliphatic rings. The fourth-order valence-electron chi connectivity index (χ4n) is 1.81. The van der Waals surface area contributed by atoms with E-state index in [0.29, 0.717) is 38.9 Å². The Morgan fingerprint density at radius 3 is 1.45 bits per heavy atom. The summed E-state index contributed by atoms with van der Waals surface area (Å²) in [6, 6.07) is 0. The lowest BCUT2D eigenvalue weighted by Crippen LogP contribution is -2.16. The first-order valence-corrected chi connectivity index (χ1v) is 9.02. The standard InChI is InChI=1S/C17H20ClF5O6/c18-2-4-26-6-8-28-10-9-27-7-5-25-3-1-11(24)29-17-15(22)13(20)12(19)14(21)16(17)23/h1-10H2. The van der Waals surface area contributed by atoms with E-state index in [4.69, 9.17) is 30.5 Å². The van der Waals surface area contributed by atoms with E-state index in [0.717, 1.165) is 0 Å². The molecule has 0 radical (unpaired) electrons. The molecule has 0 aliphatic heterocycles. The summed E-state index contributed by atoms with van der Waals surface area (Å²) < 4.78 is 90.5. The van der Waals surface area contributed by atoms with Crippen molar-refractivity contribution in [3.05, 3.63) is 29.1 Å². The van der Waals surface area contributed by atoms with Crippen molar-refractivity contribution in [3.8, 4) is 5.75 Å². The second-order valence-corrected chi connectivity index (χ2v) is 5.64. The van der Waals surface area contributed by atoms with Crippen molar-refractivity contribution < 1.29 is 50.4 Å². The number of hydrogen-bond acceptors (Lipinski definition) is 6. The summed E-state index contributed by atoms with van der Waals surface area (Å²) in [6.45, 7) is 2.03. The molecule has 12 heteroatoms. The third kappa shape index (κ3) is 9.22. The van der Waals surface area contributed by atoms with E-state index >= 15 is 0 Å². The second-order valence-electron chi connectivity index (χ2n) is 5.26. The molecular formula is C17H20ClF5O6. The van der Waals surface area contributed by atoms with Crippen LogP contribution in [-0.2, 0) is 23.7 Å². The molecule has 1 aromatic carbocycles. The SMILES string of the molecule is O=C(CCOCCOCCOCCOCCCl)Oc1c(F)c(F)c(F)c(F)c1F. The summed E-state index contributed by atoms with van der Waals surface area (Å²) in [5.41, 5.74) is 0. The number of benzene rings is 1. The van der Waals surface area contributed by atoms with E-state index in [9.17, 15) is 26.7 Å². The minimum Gasteiger partial charge on any atom is -0.420 e. The fraction of sp³-hybridized carbons (Fsp3) is 0.588. The number of rotatable bonds is 15. The molecule has 0 aromatic heterocycles. The highest BCUT2D eigenvalue weighted by atomic mass is 35.5. The monoisotopic (exact) mass is 450 g/mol. The molecule has 0 amide bonds. The summed E-state index contributed by atoms with van der Waals surface area (Å²) in [7, 11) is 0. The second kappa shape index (κ2) is 14.5. The van der Waals surface area contributed by atoms with Gasteiger partial charge in [0.25, 0.3) is 0 Å². The Kier molecular flexibility index (Phi) is 12.7. The van der Waals surface area contributed by atoms with Crippen molar-refractivity contribution in [2.24, 2.45) is 0 Å². The first-order chi connectivity index (χ1) is 13.9. The minimum absolute atomic E-state index is 0.106. The number of carbonyl (C=O) groups is 1. The van der Waals surface area contributed by atoms with Gasteiger partial charge in [0.05, 0.1) is 59.3 Å². The van der Waals surface area contributed by atoms with Gasteiger partial charge in [-0.1, -0.05) is 0 Å². The highest BCUT2D eigenvalue weighted by Gasteiger charge is 2.28. The minimum atomic E-state index is -2.34. The smallest absolute Gasteiger partial charge is 0.313 e. The van der Waals surface area contributed by atoms with Gasteiger partial charge in [0, 0.05) is 5.88 Å². The van der Waals surface area contributed by atoms with Gasteiger partial charge in [-0.25, -0.2) is 13.2 Å². The Labute approximate surface area is 168 Å². The van der Waals surface area contributed by atoms with Crippen molar-refractivity contribution in [2.75, 3.05) is 58.7 Å². The van der Waals surface area contributed by atoms with Crippen LogP contribution < -0.4 is 4.74 Å². The van der Waals surface area contributed by atoms with Gasteiger partial charge in [0.2, 0.25) is 34.8 Å². The number of alkyl halides is 1. The van der Waals surface area contributed by atoms with Crippen molar-refractivity contribution in [1.82, 2.24) is 0 Å². The van der Waals surface area contributed by atoms with Gasteiger partial charge in [-0.2, -0.15) is 8.78 Å². The van der Waals surface area contributed by atoms with Crippen LogP contribution >= 0.6 is 11.6 Å². The number of esters is 1. The Morgan fingerprint density at radius 2 is 1.00 bits per heavy atom. The van der Waals surface area contributed by atoms with Gasteiger partial charge in [-0.15, -0.1) is 11.6 Å². The van der Waals surface area contributed by atoms with Crippen LogP contribution in [0.4, 0.5) is 22.0 Å². The molecule has 1 aromatic rings. The zero-order valence-corrected chi connectivity index (χ0v) is 16.0. The maximum absolute atomic E-state index is 13.4. The van der Waals surface area contributed by atoms with Crippen LogP contribution in [-0.4, -0.2) is 64.7 Å². The Bertz CT molecular complexity index is 620. The maximum Gasteiger partial charge on any atom is 0.313 e. The van der Waals surface area contributed by atoms with Crippen LogP contribution in [0.5, 0.6) is 5.75 Å². The van der Waals surface area contributed by atoms with Crippen LogP contribution in [0, 0.1) is 29.1 Å². The molecule has 0 atom stereocenters. The van der Waals surface area contributed by atoms with E-state index in [2.05, 4.69) is 4.74 Å². The van der Waals surface area contributed by atoms with Crippen molar-refractivity contribution in [3.63, 3.8) is 0 Å². The van der Waals surface area contributed by atoms with Crippen LogP contribution in [0.3, 0.4) is 0 Å². The molecule has 0 bridgehead atoms. The summed E-state index contributed by atoms with van der Waals surface area (Å²) in [4.78, 5) is 11.5. The summed E-state index contributed by atoms with van der Waals surface area (Å²) in [5.74, 6) is -13.7. The Morgan fingerprint density at radius 1 is 0.621 bits per heavy atom. The molecule has 0 heterocycles. The van der Waals surface area contributed by atoms with Gasteiger partial charge in [-0.3, -0.25) is 4.79 Å². The summed E-state index contributed by atoms with van der Waals surface area (Å²) in [6.07, 6.45) is -0.467. The largest absolute Gasteiger partial charge is 0.420 e. The normalized spacial score (nSPS) is 11.1. The van der Waals surface area contributed by atoms with Crippen molar-refractivity contribution in [2.45, 2.75) is 6.42 Å². The third-order valence-corrected chi connectivity index (χ3v) is 3.33. The first-order valence-electron chi connectivity index (χ1n) is 8.49. The van der Waals surface area contributed by atoms with E-state index < -0.39 is 47.2 Å². The van der Waals surface area contributed by atoms with Gasteiger partial charge < -0.3 is 23.7 Å². The van der Waals surface area contributed by atoms with Gasteiger partial charge >= 0.3 is 5.97 Å². The number of hydrogen-bond donors (Lipinski definition) is 0. The molecule has 0 unspecified atom stereocenters. The quantitative estimate of drug-likeness (QED) is 0.0778. The molecule has 166 valence electrons. The Balaban J connectivity index is 2.13. The number of ether oxygens (including phenoxy) is 5.